The lowest BCUT2D eigenvalue weighted by Crippen LogP contribution is -2.48. The Labute approximate surface area is 186 Å². The second-order valence-electron chi connectivity index (χ2n) is 10.7. The van der Waals surface area contributed by atoms with Crippen LogP contribution in [0.4, 0.5) is 0 Å². The minimum atomic E-state index is -1.03. The van der Waals surface area contributed by atoms with E-state index < -0.39 is 17.7 Å². The Hall–Kier alpha value is -0.590. The molecule has 6 heteroatoms. The number of rotatable bonds is 5. The fraction of sp³-hybridized carbons (Fsp3) is 0.917. The highest BCUT2D eigenvalue weighted by atomic mass is 32.1. The number of fused-ring (bicyclic) bond motifs is 5. The number of carboxylic acids is 1. The molecule has 4 aliphatic carbocycles. The highest BCUT2D eigenvalue weighted by Gasteiger charge is 2.67. The van der Waals surface area contributed by atoms with Crippen LogP contribution < -0.4 is 0 Å². The summed E-state index contributed by atoms with van der Waals surface area (Å²) >= 11 is 3.53. The lowest BCUT2D eigenvalue weighted by molar-refractivity contribution is -0.138. The fourth-order valence-electron chi connectivity index (χ4n) is 8.50. The van der Waals surface area contributed by atoms with Gasteiger partial charge in [0.2, 0.25) is 0 Å². The molecule has 0 saturated heterocycles. The Morgan fingerprint density at radius 3 is 2.47 bits per heavy atom. The van der Waals surface area contributed by atoms with E-state index in [0.717, 1.165) is 44.8 Å². The molecule has 4 unspecified atom stereocenters. The lowest BCUT2D eigenvalue weighted by Gasteiger charge is -2.49. The molecule has 0 radical (unpaired) electrons. The first-order valence-electron chi connectivity index (χ1n) is 11.7. The van der Waals surface area contributed by atoms with Crippen molar-refractivity contribution in [3.63, 3.8) is 0 Å². The topological polar surface area (TPSA) is 94.8 Å². The molecule has 4 fully saturated rings. The third kappa shape index (κ3) is 3.75. The number of hydrogen-bond acceptors (Lipinski definition) is 5. The molecular formula is C24H40O5S. The first-order valence-corrected chi connectivity index (χ1v) is 12.6. The van der Waals surface area contributed by atoms with Gasteiger partial charge in [0.05, 0.1) is 11.7 Å². The van der Waals surface area contributed by atoms with Gasteiger partial charge in [-0.05, 0) is 92.1 Å². The molecule has 10 atom stereocenters. The lowest BCUT2D eigenvalue weighted by atomic mass is 9.55. The highest BCUT2D eigenvalue weighted by molar-refractivity contribution is 7.79. The summed E-state index contributed by atoms with van der Waals surface area (Å²) < 4.78 is 0. The molecule has 0 aliphatic heterocycles. The van der Waals surface area contributed by atoms with Crippen molar-refractivity contribution in [1.82, 2.24) is 0 Å². The summed E-state index contributed by atoms with van der Waals surface area (Å²) in [6.07, 6.45) is 9.38. The first kappa shape index (κ1) is 24.1. The number of aliphatic hydroxyl groups excluding tert-OH is 1. The van der Waals surface area contributed by atoms with Crippen LogP contribution in [0.5, 0.6) is 0 Å². The van der Waals surface area contributed by atoms with Crippen molar-refractivity contribution in [3.8, 4) is 0 Å². The van der Waals surface area contributed by atoms with Crippen LogP contribution in [-0.4, -0.2) is 45.5 Å². The van der Waals surface area contributed by atoms with Gasteiger partial charge in [0, 0.05) is 18.8 Å². The molecule has 172 valence electrons. The Bertz CT molecular complexity index is 641. The number of carbonyl (C=O) groups excluding carboxylic acids is 1. The van der Waals surface area contributed by atoms with Crippen LogP contribution in [-0.2, 0) is 9.59 Å². The molecule has 0 heterocycles. The van der Waals surface area contributed by atoms with E-state index in [1.54, 1.807) is 6.26 Å². The molecular weight excluding hydrogens is 400 g/mol. The number of thiol groups is 1. The summed E-state index contributed by atoms with van der Waals surface area (Å²) in [5.74, 6) is 0.938. The molecule has 0 aromatic rings. The fourth-order valence-corrected chi connectivity index (χ4v) is 8.50. The summed E-state index contributed by atoms with van der Waals surface area (Å²) in [4.78, 5) is 23.2. The molecule has 30 heavy (non-hydrogen) atoms. The van der Waals surface area contributed by atoms with Crippen molar-refractivity contribution in [1.29, 1.82) is 0 Å². The van der Waals surface area contributed by atoms with Crippen molar-refractivity contribution < 1.29 is 24.9 Å². The number of aliphatic carboxylic acids is 1. The van der Waals surface area contributed by atoms with E-state index in [0.29, 0.717) is 36.5 Å². The van der Waals surface area contributed by atoms with Crippen LogP contribution in [0.3, 0.4) is 0 Å². The number of aldehydes is 1. The van der Waals surface area contributed by atoms with Gasteiger partial charge in [-0.2, -0.15) is 12.6 Å². The van der Waals surface area contributed by atoms with Gasteiger partial charge in [-0.1, -0.05) is 13.8 Å². The summed E-state index contributed by atoms with van der Waals surface area (Å²) in [7, 11) is 0. The molecule has 5 nitrogen and oxygen atoms in total. The highest BCUT2D eigenvalue weighted by Crippen LogP contribution is 2.69. The quantitative estimate of drug-likeness (QED) is 0.385. The van der Waals surface area contributed by atoms with Gasteiger partial charge < -0.3 is 20.1 Å². The van der Waals surface area contributed by atoms with Crippen molar-refractivity contribution >= 4 is 24.9 Å². The largest absolute Gasteiger partial charge is 0.481 e. The third-order valence-electron chi connectivity index (χ3n) is 9.63. The number of carboxylic acid groups (broad SMARTS) is 1. The molecule has 0 aromatic carbocycles. The summed E-state index contributed by atoms with van der Waals surface area (Å²) in [5.41, 5.74) is -0.907. The molecule has 4 saturated carbocycles. The molecule has 4 rings (SSSR count). The van der Waals surface area contributed by atoms with Crippen LogP contribution in [0, 0.1) is 46.8 Å². The van der Waals surface area contributed by atoms with Crippen LogP contribution in [0.25, 0.3) is 0 Å². The zero-order valence-electron chi connectivity index (χ0n) is 18.7. The average molecular weight is 441 g/mol. The second-order valence-corrected chi connectivity index (χ2v) is 10.7. The standard InChI is InChI=1S/C23H36O5.CH4S/c1-13(3-8-20(26)27)16-6-7-18-21-15(9-10-22(16,18)2)17-5-4-14(25)11-23(17,28)19(21)12-24;1-2/h12-19,21,25,28H,3-11H2,1-2H3,(H,26,27);2H,1H3/t13-,14+,15?,16-,17?,18?,19-,21?,22-,23+;/m1./s1. The van der Waals surface area contributed by atoms with E-state index >= 15 is 0 Å². The smallest absolute Gasteiger partial charge is 0.303 e. The van der Waals surface area contributed by atoms with E-state index in [-0.39, 0.29) is 29.6 Å². The summed E-state index contributed by atoms with van der Waals surface area (Å²) in [6.45, 7) is 4.56. The Kier molecular flexibility index (Phi) is 7.30. The van der Waals surface area contributed by atoms with Crippen LogP contribution in [0.1, 0.15) is 71.6 Å². The molecule has 0 aromatic heterocycles. The SMILES string of the molecule is CS.C[C@H](CCC(=O)O)[C@H]1CCC2C3C(CC[C@@]21C)C1CC[C@H](O)C[C@@]1(O)[C@@H]3C=O. The van der Waals surface area contributed by atoms with Crippen LogP contribution in [0.2, 0.25) is 0 Å². The minimum Gasteiger partial charge on any atom is -0.481 e. The summed E-state index contributed by atoms with van der Waals surface area (Å²) in [6, 6.07) is 0. The van der Waals surface area contributed by atoms with E-state index in [1.807, 2.05) is 0 Å². The van der Waals surface area contributed by atoms with Crippen LogP contribution in [0.15, 0.2) is 0 Å². The predicted molar refractivity (Wildman–Crippen MR) is 119 cm³/mol. The van der Waals surface area contributed by atoms with Crippen molar-refractivity contribution in [2.75, 3.05) is 6.26 Å². The van der Waals surface area contributed by atoms with Gasteiger partial charge >= 0.3 is 5.97 Å². The van der Waals surface area contributed by atoms with Gasteiger partial charge in [0.1, 0.15) is 6.29 Å². The van der Waals surface area contributed by atoms with Gasteiger partial charge in [0.15, 0.2) is 0 Å². The van der Waals surface area contributed by atoms with Gasteiger partial charge in [0.25, 0.3) is 0 Å². The Balaban J connectivity index is 0.00000124. The number of aliphatic hydroxyl groups is 2. The number of hydrogen-bond donors (Lipinski definition) is 4. The van der Waals surface area contributed by atoms with Crippen molar-refractivity contribution in [3.05, 3.63) is 0 Å². The molecule has 0 spiro atoms. The van der Waals surface area contributed by atoms with E-state index in [1.165, 1.54) is 0 Å². The number of carbonyl (C=O) groups is 2. The second kappa shape index (κ2) is 9.11. The monoisotopic (exact) mass is 440 g/mol. The molecule has 0 amide bonds. The van der Waals surface area contributed by atoms with E-state index in [2.05, 4.69) is 26.5 Å². The summed E-state index contributed by atoms with van der Waals surface area (Å²) in [5, 5.41) is 30.8. The maximum absolute atomic E-state index is 12.2. The Morgan fingerprint density at radius 2 is 1.83 bits per heavy atom. The van der Waals surface area contributed by atoms with Gasteiger partial charge in [-0.3, -0.25) is 4.79 Å². The average Bonchev–Trinajstić information content (AvgIpc) is 3.17. The van der Waals surface area contributed by atoms with Gasteiger partial charge in [-0.15, -0.1) is 0 Å². The molecule has 0 bridgehead atoms. The molecule has 3 N–H and O–H groups in total. The Morgan fingerprint density at radius 1 is 1.17 bits per heavy atom. The maximum Gasteiger partial charge on any atom is 0.303 e. The van der Waals surface area contributed by atoms with Crippen LogP contribution >= 0.6 is 12.6 Å². The normalized spacial score (nSPS) is 47.9. The molecule has 4 aliphatic rings. The minimum absolute atomic E-state index is 0.128. The van der Waals surface area contributed by atoms with E-state index in [4.69, 9.17) is 5.11 Å². The van der Waals surface area contributed by atoms with Gasteiger partial charge in [-0.25, -0.2) is 0 Å². The zero-order chi connectivity index (χ0) is 22.3. The van der Waals surface area contributed by atoms with E-state index in [9.17, 15) is 19.8 Å². The zero-order valence-corrected chi connectivity index (χ0v) is 19.6. The maximum atomic E-state index is 12.2. The predicted octanol–water partition coefficient (Wildman–Crippen LogP) is 3.81. The third-order valence-corrected chi connectivity index (χ3v) is 9.63. The first-order chi connectivity index (χ1) is 14.2. The van der Waals surface area contributed by atoms with Crippen molar-refractivity contribution in [2.24, 2.45) is 46.8 Å². The van der Waals surface area contributed by atoms with Crippen molar-refractivity contribution in [2.45, 2.75) is 83.3 Å².